The molecule has 6 heteroatoms. The summed E-state index contributed by atoms with van der Waals surface area (Å²) in [5.74, 6) is 1.81. The summed E-state index contributed by atoms with van der Waals surface area (Å²) in [5, 5.41) is 6.68. The lowest BCUT2D eigenvalue weighted by Gasteiger charge is -2.07. The highest BCUT2D eigenvalue weighted by molar-refractivity contribution is 7.99. The van der Waals surface area contributed by atoms with Crippen LogP contribution in [-0.2, 0) is 10.5 Å². The molecular weight excluding hydrogens is 274 g/mol. The fraction of sp³-hybridized carbons (Fsp3) is 0.286. The van der Waals surface area contributed by atoms with E-state index in [2.05, 4.69) is 10.5 Å². The molecule has 3 N–H and O–H groups in total. The number of anilines is 2. The maximum atomic E-state index is 11.8. The normalized spacial score (nSPS) is 10.5. The SMILES string of the molecule is Cc1noc(C)c1CSCC(=O)Nc1ccccc1N. The first kappa shape index (κ1) is 14.5. The molecule has 1 aromatic carbocycles. The number of hydrogen-bond donors (Lipinski definition) is 2. The van der Waals surface area contributed by atoms with E-state index in [-0.39, 0.29) is 5.91 Å². The van der Waals surface area contributed by atoms with Crippen LogP contribution in [-0.4, -0.2) is 16.8 Å². The van der Waals surface area contributed by atoms with Crippen molar-refractivity contribution in [2.75, 3.05) is 16.8 Å². The van der Waals surface area contributed by atoms with Gasteiger partial charge in [0.05, 0.1) is 22.8 Å². The first-order chi connectivity index (χ1) is 9.58. The Balaban J connectivity index is 1.83. The molecule has 0 saturated heterocycles. The molecule has 1 aromatic heterocycles. The minimum Gasteiger partial charge on any atom is -0.397 e. The van der Waals surface area contributed by atoms with Crippen molar-refractivity contribution in [2.24, 2.45) is 0 Å². The third-order valence-corrected chi connectivity index (χ3v) is 3.85. The number of thioether (sulfide) groups is 1. The Bertz CT molecular complexity index is 591. The highest BCUT2D eigenvalue weighted by Gasteiger charge is 2.10. The first-order valence-electron chi connectivity index (χ1n) is 6.21. The molecule has 0 aliphatic heterocycles. The van der Waals surface area contributed by atoms with Crippen LogP contribution in [0.15, 0.2) is 28.8 Å². The van der Waals surface area contributed by atoms with Gasteiger partial charge < -0.3 is 15.6 Å². The fourth-order valence-corrected chi connectivity index (χ4v) is 2.73. The maximum absolute atomic E-state index is 11.8. The number of rotatable bonds is 5. The van der Waals surface area contributed by atoms with Crippen LogP contribution in [0.5, 0.6) is 0 Å². The van der Waals surface area contributed by atoms with Crippen molar-refractivity contribution in [2.45, 2.75) is 19.6 Å². The summed E-state index contributed by atoms with van der Waals surface area (Å²) in [6.45, 7) is 3.78. The number of hydrogen-bond acceptors (Lipinski definition) is 5. The highest BCUT2D eigenvalue weighted by Crippen LogP contribution is 2.20. The summed E-state index contributed by atoms with van der Waals surface area (Å²) >= 11 is 1.52. The van der Waals surface area contributed by atoms with Gasteiger partial charge in [0.1, 0.15) is 5.76 Å². The number of para-hydroxylation sites is 2. The molecule has 0 spiro atoms. The van der Waals surface area contributed by atoms with Crippen molar-refractivity contribution in [3.05, 3.63) is 41.3 Å². The molecule has 106 valence electrons. The molecule has 5 nitrogen and oxygen atoms in total. The number of benzene rings is 1. The number of aromatic nitrogens is 1. The van der Waals surface area contributed by atoms with Crippen LogP contribution in [0, 0.1) is 13.8 Å². The highest BCUT2D eigenvalue weighted by atomic mass is 32.2. The van der Waals surface area contributed by atoms with E-state index in [1.807, 2.05) is 26.0 Å². The molecule has 0 aliphatic carbocycles. The molecule has 0 fully saturated rings. The summed E-state index contributed by atoms with van der Waals surface area (Å²) < 4.78 is 5.08. The van der Waals surface area contributed by atoms with Gasteiger partial charge in [-0.1, -0.05) is 17.3 Å². The largest absolute Gasteiger partial charge is 0.397 e. The Morgan fingerprint density at radius 1 is 1.40 bits per heavy atom. The molecule has 0 atom stereocenters. The molecule has 0 unspecified atom stereocenters. The van der Waals surface area contributed by atoms with Crippen LogP contribution in [0.3, 0.4) is 0 Å². The standard InChI is InChI=1S/C14H17N3O2S/c1-9-11(10(2)19-17-9)7-20-8-14(18)16-13-6-4-3-5-12(13)15/h3-6H,7-8,15H2,1-2H3,(H,16,18). The zero-order valence-corrected chi connectivity index (χ0v) is 12.3. The predicted molar refractivity (Wildman–Crippen MR) is 81.6 cm³/mol. The average Bonchev–Trinajstić information content (AvgIpc) is 2.73. The van der Waals surface area contributed by atoms with Crippen LogP contribution in [0.1, 0.15) is 17.0 Å². The van der Waals surface area contributed by atoms with Crippen molar-refractivity contribution < 1.29 is 9.32 Å². The van der Waals surface area contributed by atoms with Gasteiger partial charge in [-0.15, -0.1) is 11.8 Å². The van der Waals surface area contributed by atoms with Crippen molar-refractivity contribution >= 4 is 29.0 Å². The maximum Gasteiger partial charge on any atom is 0.234 e. The Hall–Kier alpha value is -1.95. The van der Waals surface area contributed by atoms with Gasteiger partial charge in [0.25, 0.3) is 0 Å². The molecule has 1 amide bonds. The van der Waals surface area contributed by atoms with E-state index in [0.29, 0.717) is 22.9 Å². The number of nitrogens with one attached hydrogen (secondary N) is 1. The molecule has 2 rings (SSSR count). The number of aryl methyl sites for hydroxylation is 2. The predicted octanol–water partition coefficient (Wildman–Crippen LogP) is 2.75. The summed E-state index contributed by atoms with van der Waals surface area (Å²) in [6.07, 6.45) is 0. The molecule has 2 aromatic rings. The Morgan fingerprint density at radius 3 is 2.80 bits per heavy atom. The first-order valence-corrected chi connectivity index (χ1v) is 7.37. The zero-order valence-electron chi connectivity index (χ0n) is 11.5. The van der Waals surface area contributed by atoms with Gasteiger partial charge in [0.15, 0.2) is 0 Å². The number of nitrogens with zero attached hydrogens (tertiary/aromatic N) is 1. The molecular formula is C14H17N3O2S. The van der Waals surface area contributed by atoms with Crippen LogP contribution in [0.2, 0.25) is 0 Å². The second-order valence-corrected chi connectivity index (χ2v) is 5.42. The lowest BCUT2D eigenvalue weighted by atomic mass is 10.2. The number of nitrogen functional groups attached to an aromatic ring is 1. The summed E-state index contributed by atoms with van der Waals surface area (Å²) in [5.41, 5.74) is 8.92. The van der Waals surface area contributed by atoms with Gasteiger partial charge in [-0.25, -0.2) is 0 Å². The van der Waals surface area contributed by atoms with E-state index < -0.39 is 0 Å². The second kappa shape index (κ2) is 6.47. The molecule has 0 radical (unpaired) electrons. The quantitative estimate of drug-likeness (QED) is 0.828. The number of amides is 1. The van der Waals surface area contributed by atoms with Crippen molar-refractivity contribution in [3.8, 4) is 0 Å². The van der Waals surface area contributed by atoms with Crippen LogP contribution >= 0.6 is 11.8 Å². The third kappa shape index (κ3) is 3.54. The Morgan fingerprint density at radius 2 is 2.15 bits per heavy atom. The van der Waals surface area contributed by atoms with Crippen LogP contribution in [0.4, 0.5) is 11.4 Å². The van der Waals surface area contributed by atoms with E-state index in [0.717, 1.165) is 17.0 Å². The van der Waals surface area contributed by atoms with Crippen molar-refractivity contribution in [3.63, 3.8) is 0 Å². The summed E-state index contributed by atoms with van der Waals surface area (Å²) in [4.78, 5) is 11.8. The van der Waals surface area contributed by atoms with Crippen molar-refractivity contribution in [1.82, 2.24) is 5.16 Å². The van der Waals surface area contributed by atoms with E-state index in [9.17, 15) is 4.79 Å². The number of nitrogens with two attached hydrogens (primary N) is 1. The van der Waals surface area contributed by atoms with E-state index >= 15 is 0 Å². The van der Waals surface area contributed by atoms with Gasteiger partial charge in [0, 0.05) is 11.3 Å². The van der Waals surface area contributed by atoms with E-state index in [1.54, 1.807) is 12.1 Å². The second-order valence-electron chi connectivity index (χ2n) is 4.43. The fourth-order valence-electron chi connectivity index (χ4n) is 1.75. The van der Waals surface area contributed by atoms with Gasteiger partial charge in [0.2, 0.25) is 5.91 Å². The summed E-state index contributed by atoms with van der Waals surface area (Å²) in [6, 6.07) is 7.21. The molecule has 0 aliphatic rings. The minimum absolute atomic E-state index is 0.0698. The molecule has 20 heavy (non-hydrogen) atoms. The number of carbonyl (C=O) groups is 1. The molecule has 0 saturated carbocycles. The Labute approximate surface area is 121 Å². The number of carbonyl (C=O) groups excluding carboxylic acids is 1. The van der Waals surface area contributed by atoms with E-state index in [4.69, 9.17) is 10.3 Å². The Kier molecular flexibility index (Phi) is 4.68. The van der Waals surface area contributed by atoms with Crippen LogP contribution < -0.4 is 11.1 Å². The van der Waals surface area contributed by atoms with Gasteiger partial charge in [-0.05, 0) is 26.0 Å². The topological polar surface area (TPSA) is 81.2 Å². The third-order valence-electron chi connectivity index (χ3n) is 2.90. The van der Waals surface area contributed by atoms with Crippen molar-refractivity contribution in [1.29, 1.82) is 0 Å². The van der Waals surface area contributed by atoms with Gasteiger partial charge >= 0.3 is 0 Å². The minimum atomic E-state index is -0.0698. The lowest BCUT2D eigenvalue weighted by Crippen LogP contribution is -2.15. The van der Waals surface area contributed by atoms with Crippen LogP contribution in [0.25, 0.3) is 0 Å². The van der Waals surface area contributed by atoms with E-state index in [1.165, 1.54) is 11.8 Å². The van der Waals surface area contributed by atoms with Gasteiger partial charge in [-0.3, -0.25) is 4.79 Å². The smallest absolute Gasteiger partial charge is 0.234 e. The van der Waals surface area contributed by atoms with Gasteiger partial charge in [-0.2, -0.15) is 0 Å². The molecule has 0 bridgehead atoms. The lowest BCUT2D eigenvalue weighted by molar-refractivity contribution is -0.113. The average molecular weight is 291 g/mol. The monoisotopic (exact) mass is 291 g/mol. The zero-order chi connectivity index (χ0) is 14.5. The molecule has 1 heterocycles. The summed E-state index contributed by atoms with van der Waals surface area (Å²) in [7, 11) is 0.